The van der Waals surface area contributed by atoms with Gasteiger partial charge in [0.25, 0.3) is 11.7 Å². The van der Waals surface area contributed by atoms with Crippen LogP contribution >= 0.6 is 0 Å². The number of aliphatic hydroxyl groups excluding tert-OH is 1. The predicted octanol–water partition coefficient (Wildman–Crippen LogP) is 4.85. The summed E-state index contributed by atoms with van der Waals surface area (Å²) in [4.78, 5) is 27.6. The van der Waals surface area contributed by atoms with Gasteiger partial charge in [0.2, 0.25) is 0 Å². The lowest BCUT2D eigenvalue weighted by molar-refractivity contribution is -0.140. The Hall–Kier alpha value is -3.93. The molecular weight excluding hydrogens is 409 g/mol. The minimum absolute atomic E-state index is 0.0359. The molecule has 5 nitrogen and oxygen atoms in total. The second kappa shape index (κ2) is 9.06. The Morgan fingerprint density at radius 3 is 2.41 bits per heavy atom. The van der Waals surface area contributed by atoms with Gasteiger partial charge in [-0.1, -0.05) is 42.5 Å². The number of ketones is 1. The Morgan fingerprint density at radius 1 is 1.00 bits per heavy atom. The van der Waals surface area contributed by atoms with E-state index < -0.39 is 23.5 Å². The van der Waals surface area contributed by atoms with E-state index in [-0.39, 0.29) is 23.4 Å². The van der Waals surface area contributed by atoms with Crippen LogP contribution in [0.15, 0.2) is 84.4 Å². The van der Waals surface area contributed by atoms with Crippen molar-refractivity contribution in [3.05, 3.63) is 107 Å². The van der Waals surface area contributed by atoms with Crippen molar-refractivity contribution in [3.8, 4) is 5.75 Å². The number of benzene rings is 3. The first kappa shape index (κ1) is 21.3. The molecule has 0 radical (unpaired) electrons. The summed E-state index contributed by atoms with van der Waals surface area (Å²) >= 11 is 0. The molecule has 4 rings (SSSR count). The highest BCUT2D eigenvalue weighted by molar-refractivity contribution is 6.46. The van der Waals surface area contributed by atoms with Crippen molar-refractivity contribution in [1.29, 1.82) is 0 Å². The molecule has 1 fully saturated rings. The van der Waals surface area contributed by atoms with Gasteiger partial charge < -0.3 is 14.7 Å². The van der Waals surface area contributed by atoms with Crippen molar-refractivity contribution in [2.24, 2.45) is 0 Å². The second-order valence-electron chi connectivity index (χ2n) is 7.42. The molecule has 1 aliphatic heterocycles. The average molecular weight is 431 g/mol. The molecule has 0 bridgehead atoms. The fourth-order valence-electron chi connectivity index (χ4n) is 3.87. The standard InChI is InChI=1S/C26H22FNO4/c1-2-32-21-10-6-9-19(15-21)23-22(24(29)18-11-13-20(27)14-12-18)25(30)26(31)28(23)16-17-7-4-3-5-8-17/h3-15,23,29H,2,16H2,1H3. The summed E-state index contributed by atoms with van der Waals surface area (Å²) in [7, 11) is 0. The van der Waals surface area contributed by atoms with E-state index >= 15 is 0 Å². The molecular formula is C26H22FNO4. The molecule has 1 N–H and O–H groups in total. The van der Waals surface area contributed by atoms with E-state index in [4.69, 9.17) is 4.74 Å². The molecule has 1 amide bonds. The van der Waals surface area contributed by atoms with Crippen molar-refractivity contribution in [2.75, 3.05) is 6.61 Å². The highest BCUT2D eigenvalue weighted by Gasteiger charge is 2.46. The highest BCUT2D eigenvalue weighted by atomic mass is 19.1. The molecule has 0 spiro atoms. The molecule has 1 aliphatic rings. The first-order chi connectivity index (χ1) is 15.5. The lowest BCUT2D eigenvalue weighted by Gasteiger charge is -2.26. The minimum atomic E-state index is -0.819. The Labute approximate surface area is 185 Å². The predicted molar refractivity (Wildman–Crippen MR) is 118 cm³/mol. The molecule has 162 valence electrons. The second-order valence-corrected chi connectivity index (χ2v) is 7.42. The number of carbonyl (C=O) groups is 2. The van der Waals surface area contributed by atoms with Gasteiger partial charge in [0.05, 0.1) is 18.2 Å². The van der Waals surface area contributed by atoms with Gasteiger partial charge in [-0.05, 0) is 54.4 Å². The molecule has 0 aromatic heterocycles. The first-order valence-corrected chi connectivity index (χ1v) is 10.3. The zero-order valence-electron chi connectivity index (χ0n) is 17.5. The van der Waals surface area contributed by atoms with Gasteiger partial charge in [-0.25, -0.2) is 4.39 Å². The van der Waals surface area contributed by atoms with Crippen LogP contribution in [0, 0.1) is 5.82 Å². The first-order valence-electron chi connectivity index (χ1n) is 10.3. The van der Waals surface area contributed by atoms with E-state index in [1.54, 1.807) is 24.3 Å². The molecule has 1 atom stereocenters. The molecule has 3 aromatic carbocycles. The van der Waals surface area contributed by atoms with Crippen LogP contribution in [0.4, 0.5) is 4.39 Å². The van der Waals surface area contributed by atoms with Crippen molar-refractivity contribution in [3.63, 3.8) is 0 Å². The van der Waals surface area contributed by atoms with Crippen LogP contribution in [-0.4, -0.2) is 28.3 Å². The van der Waals surface area contributed by atoms with Gasteiger partial charge in [-0.2, -0.15) is 0 Å². The number of amides is 1. The lowest BCUT2D eigenvalue weighted by atomic mass is 9.95. The van der Waals surface area contributed by atoms with Crippen LogP contribution in [0.2, 0.25) is 0 Å². The van der Waals surface area contributed by atoms with E-state index in [0.29, 0.717) is 17.9 Å². The number of nitrogens with zero attached hydrogens (tertiary/aromatic N) is 1. The SMILES string of the molecule is CCOc1cccc(C2C(=C(O)c3ccc(F)cc3)C(=O)C(=O)N2Cc2ccccc2)c1. The van der Waals surface area contributed by atoms with Crippen LogP contribution in [0.3, 0.4) is 0 Å². The third-order valence-electron chi connectivity index (χ3n) is 5.34. The van der Waals surface area contributed by atoms with Gasteiger partial charge in [0.15, 0.2) is 0 Å². The summed E-state index contributed by atoms with van der Waals surface area (Å²) in [5.41, 5.74) is 1.71. The van der Waals surface area contributed by atoms with Crippen LogP contribution in [0.5, 0.6) is 5.75 Å². The van der Waals surface area contributed by atoms with Crippen molar-refractivity contribution < 1.29 is 23.8 Å². The number of hydrogen-bond acceptors (Lipinski definition) is 4. The zero-order chi connectivity index (χ0) is 22.7. The zero-order valence-corrected chi connectivity index (χ0v) is 17.5. The van der Waals surface area contributed by atoms with E-state index in [9.17, 15) is 19.1 Å². The monoisotopic (exact) mass is 431 g/mol. The number of ether oxygens (including phenoxy) is 1. The maximum absolute atomic E-state index is 13.4. The molecule has 6 heteroatoms. The number of halogens is 1. The molecule has 3 aromatic rings. The number of aliphatic hydroxyl groups is 1. The summed E-state index contributed by atoms with van der Waals surface area (Å²) in [5.74, 6) is -1.70. The maximum atomic E-state index is 13.4. The Kier molecular flexibility index (Phi) is 6.03. The number of carbonyl (C=O) groups excluding carboxylic acids is 2. The number of likely N-dealkylation sites (tertiary alicyclic amines) is 1. The number of Topliss-reactive ketones (excluding diaryl/α,β-unsaturated/α-hetero) is 1. The molecule has 1 unspecified atom stereocenters. The third-order valence-corrected chi connectivity index (χ3v) is 5.34. The number of hydrogen-bond donors (Lipinski definition) is 1. The van der Waals surface area contributed by atoms with Gasteiger partial charge >= 0.3 is 0 Å². The maximum Gasteiger partial charge on any atom is 0.295 e. The quantitative estimate of drug-likeness (QED) is 0.344. The van der Waals surface area contributed by atoms with Crippen molar-refractivity contribution in [2.45, 2.75) is 19.5 Å². The lowest BCUT2D eigenvalue weighted by Crippen LogP contribution is -2.29. The largest absolute Gasteiger partial charge is 0.507 e. The number of rotatable bonds is 6. The van der Waals surface area contributed by atoms with Gasteiger partial charge in [0, 0.05) is 12.1 Å². The summed E-state index contributed by atoms with van der Waals surface area (Å²) in [6.45, 7) is 2.51. The third kappa shape index (κ3) is 4.12. The molecule has 32 heavy (non-hydrogen) atoms. The van der Waals surface area contributed by atoms with Crippen LogP contribution < -0.4 is 4.74 Å². The fraction of sp³-hybridized carbons (Fsp3) is 0.154. The van der Waals surface area contributed by atoms with Gasteiger partial charge in [-0.3, -0.25) is 9.59 Å². The Balaban J connectivity index is 1.86. The summed E-state index contributed by atoms with van der Waals surface area (Å²) < 4.78 is 19.0. The van der Waals surface area contributed by atoms with E-state index in [1.807, 2.05) is 37.3 Å². The highest BCUT2D eigenvalue weighted by Crippen LogP contribution is 2.41. The van der Waals surface area contributed by atoms with E-state index in [0.717, 1.165) is 5.56 Å². The minimum Gasteiger partial charge on any atom is -0.507 e. The van der Waals surface area contributed by atoms with Crippen molar-refractivity contribution >= 4 is 17.4 Å². The Morgan fingerprint density at radius 2 is 1.72 bits per heavy atom. The molecule has 1 saturated heterocycles. The fourth-order valence-corrected chi connectivity index (χ4v) is 3.87. The Bertz CT molecular complexity index is 1170. The van der Waals surface area contributed by atoms with Gasteiger partial charge in [-0.15, -0.1) is 0 Å². The normalized spacial score (nSPS) is 17.6. The van der Waals surface area contributed by atoms with E-state index in [2.05, 4.69) is 0 Å². The van der Waals surface area contributed by atoms with Crippen molar-refractivity contribution in [1.82, 2.24) is 4.90 Å². The molecule has 1 heterocycles. The van der Waals surface area contributed by atoms with Crippen LogP contribution in [0.1, 0.15) is 29.7 Å². The van der Waals surface area contributed by atoms with E-state index in [1.165, 1.54) is 29.2 Å². The average Bonchev–Trinajstić information content (AvgIpc) is 3.05. The van der Waals surface area contributed by atoms with Crippen LogP contribution in [0.25, 0.3) is 5.76 Å². The molecule has 0 aliphatic carbocycles. The summed E-state index contributed by atoms with van der Waals surface area (Å²) in [5, 5.41) is 11.0. The topological polar surface area (TPSA) is 66.8 Å². The van der Waals surface area contributed by atoms with Gasteiger partial charge in [0.1, 0.15) is 17.3 Å². The smallest absolute Gasteiger partial charge is 0.295 e. The van der Waals surface area contributed by atoms with Crippen LogP contribution in [-0.2, 0) is 16.1 Å². The molecule has 0 saturated carbocycles. The summed E-state index contributed by atoms with van der Waals surface area (Å²) in [6, 6.07) is 20.8. The summed E-state index contributed by atoms with van der Waals surface area (Å²) in [6.07, 6.45) is 0.